The molecule has 1 aliphatic rings. The second-order valence-electron chi connectivity index (χ2n) is 4.77. The molecule has 0 heterocycles. The average molecular weight is 328 g/mol. The summed E-state index contributed by atoms with van der Waals surface area (Å²) in [6, 6.07) is 0. The van der Waals surface area contributed by atoms with Gasteiger partial charge in [-0.05, 0) is 25.7 Å². The van der Waals surface area contributed by atoms with Gasteiger partial charge in [0.15, 0.2) is 0 Å². The maximum absolute atomic E-state index is 5.60. The Bertz CT molecular complexity index is 224. The first-order chi connectivity index (χ1) is 9.76. The molecule has 0 aromatic heterocycles. The van der Waals surface area contributed by atoms with Crippen LogP contribution in [0.25, 0.3) is 0 Å². The fraction of sp³-hybridized carbons (Fsp3) is 1.00. The zero-order valence-electron chi connectivity index (χ0n) is 12.3. The van der Waals surface area contributed by atoms with Crippen molar-refractivity contribution < 1.29 is 27.9 Å². The summed E-state index contributed by atoms with van der Waals surface area (Å²) in [6.07, 6.45) is 7.66. The predicted octanol–water partition coefficient (Wildman–Crippen LogP) is 2.99. The first-order valence-corrected chi connectivity index (χ1v) is 8.81. The van der Waals surface area contributed by atoms with Gasteiger partial charge < -0.3 is 9.47 Å². The highest BCUT2D eigenvalue weighted by Gasteiger charge is 2.37. The molecule has 1 saturated carbocycles. The fourth-order valence-corrected chi connectivity index (χ4v) is 2.55. The third kappa shape index (κ3) is 6.95. The summed E-state index contributed by atoms with van der Waals surface area (Å²) in [4.78, 5) is 10.5. The van der Waals surface area contributed by atoms with Crippen molar-refractivity contribution in [2.45, 2.75) is 31.8 Å². The van der Waals surface area contributed by atoms with Crippen molar-refractivity contribution in [3.8, 4) is 0 Å². The van der Waals surface area contributed by atoms with Crippen LogP contribution in [0.3, 0.4) is 0 Å². The summed E-state index contributed by atoms with van der Waals surface area (Å²) >= 11 is 2.38. The average Bonchev–Trinajstić information content (AvgIpc) is 2.47. The van der Waals surface area contributed by atoms with E-state index >= 15 is 0 Å². The van der Waals surface area contributed by atoms with Crippen LogP contribution in [0.15, 0.2) is 0 Å². The molecule has 0 radical (unpaired) electrons. The zero-order chi connectivity index (χ0) is 14.7. The molecule has 120 valence electrons. The van der Waals surface area contributed by atoms with Gasteiger partial charge in [-0.3, -0.25) is 0 Å². The molecular formula is C12H24O6S2. The van der Waals surface area contributed by atoms with E-state index in [2.05, 4.69) is 0 Å². The molecule has 6 nitrogen and oxygen atoms in total. The van der Waals surface area contributed by atoms with E-state index in [1.165, 1.54) is 24.1 Å². The van der Waals surface area contributed by atoms with Crippen LogP contribution < -0.4 is 0 Å². The second kappa shape index (κ2) is 11.1. The normalized spacial score (nSPS) is 19.4. The molecule has 0 N–H and O–H groups in total. The van der Waals surface area contributed by atoms with Crippen molar-refractivity contribution in [2.24, 2.45) is 5.41 Å². The molecule has 1 rings (SSSR count). The quantitative estimate of drug-likeness (QED) is 0.189. The maximum Gasteiger partial charge on any atom is 0.146 e. The van der Waals surface area contributed by atoms with Crippen molar-refractivity contribution in [3.63, 3.8) is 0 Å². The molecule has 0 spiro atoms. The van der Waals surface area contributed by atoms with Gasteiger partial charge in [0, 0.05) is 49.1 Å². The van der Waals surface area contributed by atoms with Crippen LogP contribution >= 0.6 is 24.1 Å². The fourth-order valence-electron chi connectivity index (χ4n) is 2.26. The van der Waals surface area contributed by atoms with Gasteiger partial charge in [0.05, 0.1) is 19.3 Å². The molecule has 8 heteroatoms. The van der Waals surface area contributed by atoms with E-state index in [0.29, 0.717) is 20.0 Å². The van der Waals surface area contributed by atoms with Gasteiger partial charge in [-0.15, -0.1) is 0 Å². The topological polar surface area (TPSA) is 55.4 Å². The zero-order valence-corrected chi connectivity index (χ0v) is 13.9. The minimum absolute atomic E-state index is 0.0849. The summed E-state index contributed by atoms with van der Waals surface area (Å²) in [5, 5.41) is 0. The lowest BCUT2D eigenvalue weighted by Gasteiger charge is -2.38. The maximum atomic E-state index is 5.60. The van der Waals surface area contributed by atoms with Gasteiger partial charge in [0.25, 0.3) is 0 Å². The number of methoxy groups -OCH3 is 1. The molecule has 0 bridgehead atoms. The van der Waals surface area contributed by atoms with Crippen LogP contribution in [-0.4, -0.2) is 45.7 Å². The SMILES string of the molecule is COCOC1CCC(COOSC)(COOSC)CC1. The Hall–Kier alpha value is 0.460. The predicted molar refractivity (Wildman–Crippen MR) is 78.8 cm³/mol. The Labute approximate surface area is 129 Å². The van der Waals surface area contributed by atoms with E-state index in [1.54, 1.807) is 7.11 Å². The number of ether oxygens (including phenoxy) is 2. The Balaban J connectivity index is 2.39. The van der Waals surface area contributed by atoms with Crippen LogP contribution in [0.1, 0.15) is 25.7 Å². The van der Waals surface area contributed by atoms with E-state index in [-0.39, 0.29) is 11.5 Å². The summed E-state index contributed by atoms with van der Waals surface area (Å²) < 4.78 is 20.4. The third-order valence-electron chi connectivity index (χ3n) is 3.38. The lowest BCUT2D eigenvalue weighted by atomic mass is 9.74. The molecule has 1 fully saturated rings. The molecule has 20 heavy (non-hydrogen) atoms. The van der Waals surface area contributed by atoms with E-state index < -0.39 is 0 Å². The Kier molecular flexibility index (Phi) is 10.3. The standard InChI is InChI=1S/C12H24O6S2/c1-13-10-14-11-4-6-12(7-5-11,8-15-17-19-2)9-16-18-20-3/h11H,4-10H2,1-3H3. The molecule has 0 atom stereocenters. The summed E-state index contributed by atoms with van der Waals surface area (Å²) in [7, 11) is 1.63. The van der Waals surface area contributed by atoms with Crippen LogP contribution in [0.2, 0.25) is 0 Å². The Morgan fingerprint density at radius 3 is 2.00 bits per heavy atom. The van der Waals surface area contributed by atoms with E-state index in [1.807, 2.05) is 12.5 Å². The van der Waals surface area contributed by atoms with Crippen LogP contribution in [0.5, 0.6) is 0 Å². The third-order valence-corrected chi connectivity index (χ3v) is 3.84. The molecular weight excluding hydrogens is 304 g/mol. The highest BCUT2D eigenvalue weighted by atomic mass is 32.2. The van der Waals surface area contributed by atoms with E-state index in [9.17, 15) is 0 Å². The van der Waals surface area contributed by atoms with E-state index in [0.717, 1.165) is 25.7 Å². The molecule has 0 aliphatic heterocycles. The van der Waals surface area contributed by atoms with Crippen molar-refractivity contribution in [3.05, 3.63) is 0 Å². The molecule has 0 saturated heterocycles. The molecule has 1 aliphatic carbocycles. The van der Waals surface area contributed by atoms with Crippen molar-refractivity contribution >= 4 is 24.1 Å². The Morgan fingerprint density at radius 2 is 1.55 bits per heavy atom. The monoisotopic (exact) mass is 328 g/mol. The first kappa shape index (κ1) is 18.5. The highest BCUT2D eigenvalue weighted by molar-refractivity contribution is 7.94. The molecule has 0 amide bonds. The minimum Gasteiger partial charge on any atom is -0.359 e. The Morgan fingerprint density at radius 1 is 1.00 bits per heavy atom. The number of hydrogen-bond acceptors (Lipinski definition) is 8. The second-order valence-corrected chi connectivity index (χ2v) is 5.71. The van der Waals surface area contributed by atoms with Gasteiger partial charge in [-0.1, -0.05) is 0 Å². The number of hydrogen-bond donors (Lipinski definition) is 0. The van der Waals surface area contributed by atoms with Crippen molar-refractivity contribution in [1.82, 2.24) is 0 Å². The van der Waals surface area contributed by atoms with Crippen LogP contribution in [0.4, 0.5) is 0 Å². The molecule has 0 aromatic carbocycles. The van der Waals surface area contributed by atoms with E-state index in [4.69, 9.17) is 27.9 Å². The summed E-state index contributed by atoms with van der Waals surface area (Å²) in [5.74, 6) is 0. The molecule has 0 aromatic rings. The van der Waals surface area contributed by atoms with Crippen molar-refractivity contribution in [1.29, 1.82) is 0 Å². The van der Waals surface area contributed by atoms with Gasteiger partial charge in [0.1, 0.15) is 6.79 Å². The van der Waals surface area contributed by atoms with Gasteiger partial charge in [-0.2, -0.15) is 8.67 Å². The summed E-state index contributed by atoms with van der Waals surface area (Å²) in [5.41, 5.74) is -0.0849. The van der Waals surface area contributed by atoms with Crippen molar-refractivity contribution in [2.75, 3.05) is 39.6 Å². The lowest BCUT2D eigenvalue weighted by Crippen LogP contribution is -2.38. The molecule has 0 unspecified atom stereocenters. The van der Waals surface area contributed by atoms with Crippen LogP contribution in [-0.2, 0) is 27.9 Å². The minimum atomic E-state index is -0.0849. The smallest absolute Gasteiger partial charge is 0.146 e. The lowest BCUT2D eigenvalue weighted by molar-refractivity contribution is -0.264. The number of rotatable bonds is 11. The van der Waals surface area contributed by atoms with Gasteiger partial charge in [-0.25, -0.2) is 9.78 Å². The largest absolute Gasteiger partial charge is 0.359 e. The highest BCUT2D eigenvalue weighted by Crippen LogP contribution is 2.38. The van der Waals surface area contributed by atoms with Gasteiger partial charge in [0.2, 0.25) is 0 Å². The van der Waals surface area contributed by atoms with Gasteiger partial charge >= 0.3 is 0 Å². The first-order valence-electron chi connectivity index (χ1n) is 6.51. The van der Waals surface area contributed by atoms with Crippen LogP contribution in [0, 0.1) is 5.41 Å². The summed E-state index contributed by atoms with van der Waals surface area (Å²) in [6.45, 7) is 1.32.